The van der Waals surface area contributed by atoms with Gasteiger partial charge in [0.15, 0.2) is 0 Å². The van der Waals surface area contributed by atoms with Crippen molar-refractivity contribution in [1.29, 1.82) is 0 Å². The van der Waals surface area contributed by atoms with Crippen molar-refractivity contribution in [3.63, 3.8) is 0 Å². The van der Waals surface area contributed by atoms with Crippen molar-refractivity contribution in [3.8, 4) is 0 Å². The minimum atomic E-state index is -0.977. The number of pyridine rings is 1. The molecule has 1 heterocycles. The van der Waals surface area contributed by atoms with Gasteiger partial charge in [-0.3, -0.25) is 4.79 Å². The molecule has 0 spiro atoms. The van der Waals surface area contributed by atoms with Gasteiger partial charge in [0.05, 0.1) is 5.56 Å². The lowest BCUT2D eigenvalue weighted by Crippen LogP contribution is -2.29. The molecule has 0 saturated heterocycles. The summed E-state index contributed by atoms with van der Waals surface area (Å²) in [6.45, 7) is 3.51. The van der Waals surface area contributed by atoms with Crippen molar-refractivity contribution in [2.75, 3.05) is 19.4 Å². The Bertz CT molecular complexity index is 469. The van der Waals surface area contributed by atoms with Gasteiger partial charge in [-0.05, 0) is 18.6 Å². The summed E-state index contributed by atoms with van der Waals surface area (Å²) in [4.78, 5) is 28.1. The number of nitrogens with zero attached hydrogens (tertiary/aromatic N) is 2. The lowest BCUT2D eigenvalue weighted by atomic mass is 10.2. The molecular formula is C13H17N3O3. The highest BCUT2D eigenvalue weighted by Gasteiger charge is 2.16. The zero-order chi connectivity index (χ0) is 14.4. The van der Waals surface area contributed by atoms with Gasteiger partial charge < -0.3 is 15.3 Å². The van der Waals surface area contributed by atoms with Gasteiger partial charge in [-0.25, -0.2) is 9.78 Å². The highest BCUT2D eigenvalue weighted by molar-refractivity contribution is 5.93. The van der Waals surface area contributed by atoms with E-state index in [1.54, 1.807) is 26.2 Å². The normalized spacial score (nSPS) is 11.5. The van der Waals surface area contributed by atoms with Crippen LogP contribution in [0.3, 0.4) is 0 Å². The minimum Gasteiger partial charge on any atom is -0.480 e. The number of aliphatic carboxylic acids is 1. The molecule has 0 aliphatic rings. The lowest BCUT2D eigenvalue weighted by molar-refractivity contribution is -0.137. The second-order valence-electron chi connectivity index (χ2n) is 4.19. The SMILES string of the molecule is C=CCC(Nc1ccc(C(=O)N(C)C)cn1)C(=O)O. The summed E-state index contributed by atoms with van der Waals surface area (Å²) in [7, 11) is 3.30. The first kappa shape index (κ1) is 14.7. The molecule has 1 rings (SSSR count). The van der Waals surface area contributed by atoms with Crippen molar-refractivity contribution < 1.29 is 14.7 Å². The van der Waals surface area contributed by atoms with E-state index in [1.165, 1.54) is 17.2 Å². The van der Waals surface area contributed by atoms with E-state index < -0.39 is 12.0 Å². The van der Waals surface area contributed by atoms with E-state index in [1.807, 2.05) is 0 Å². The van der Waals surface area contributed by atoms with Crippen LogP contribution in [0.15, 0.2) is 31.0 Å². The Morgan fingerprint density at radius 1 is 1.53 bits per heavy atom. The third-order valence-electron chi connectivity index (χ3n) is 2.44. The molecule has 0 aliphatic carbocycles. The van der Waals surface area contributed by atoms with Crippen LogP contribution in [-0.4, -0.2) is 47.0 Å². The average Bonchev–Trinajstić information content (AvgIpc) is 2.38. The second-order valence-corrected chi connectivity index (χ2v) is 4.19. The average molecular weight is 263 g/mol. The van der Waals surface area contributed by atoms with Gasteiger partial charge in [-0.15, -0.1) is 6.58 Å². The number of carbonyl (C=O) groups is 2. The number of aromatic nitrogens is 1. The van der Waals surface area contributed by atoms with Crippen molar-refractivity contribution in [1.82, 2.24) is 9.88 Å². The molecule has 102 valence electrons. The van der Waals surface area contributed by atoms with Gasteiger partial charge in [0, 0.05) is 20.3 Å². The molecule has 1 atom stereocenters. The first-order valence-electron chi connectivity index (χ1n) is 5.73. The third kappa shape index (κ3) is 4.09. The Kier molecular flexibility index (Phi) is 5.05. The molecule has 0 fully saturated rings. The summed E-state index contributed by atoms with van der Waals surface area (Å²) in [6.07, 6.45) is 3.22. The number of nitrogens with one attached hydrogen (secondary N) is 1. The topological polar surface area (TPSA) is 82.5 Å². The van der Waals surface area contributed by atoms with Crippen LogP contribution in [0.5, 0.6) is 0 Å². The lowest BCUT2D eigenvalue weighted by Gasteiger charge is -2.14. The van der Waals surface area contributed by atoms with Gasteiger partial charge in [-0.2, -0.15) is 0 Å². The number of carbonyl (C=O) groups excluding carboxylic acids is 1. The Balaban J connectivity index is 2.78. The number of hydrogen-bond acceptors (Lipinski definition) is 4. The summed E-state index contributed by atoms with van der Waals surface area (Å²) in [5.41, 5.74) is 0.450. The summed E-state index contributed by atoms with van der Waals surface area (Å²) in [6, 6.07) is 2.40. The molecule has 1 aromatic rings. The van der Waals surface area contributed by atoms with E-state index in [4.69, 9.17) is 5.11 Å². The van der Waals surface area contributed by atoms with Crippen LogP contribution < -0.4 is 5.32 Å². The van der Waals surface area contributed by atoms with Crippen LogP contribution >= 0.6 is 0 Å². The maximum atomic E-state index is 11.6. The van der Waals surface area contributed by atoms with Crippen molar-refractivity contribution in [3.05, 3.63) is 36.5 Å². The standard InChI is InChI=1S/C13H17N3O3/c1-4-5-10(13(18)19)15-11-7-6-9(8-14-11)12(17)16(2)3/h4,6-8,10H,1,5H2,2-3H3,(H,14,15)(H,18,19). The summed E-state index contributed by atoms with van der Waals surface area (Å²) < 4.78 is 0. The van der Waals surface area contributed by atoms with Crippen LogP contribution in [0.1, 0.15) is 16.8 Å². The molecule has 0 bridgehead atoms. The van der Waals surface area contributed by atoms with Crippen molar-refractivity contribution >= 4 is 17.7 Å². The molecule has 6 heteroatoms. The Morgan fingerprint density at radius 2 is 2.21 bits per heavy atom. The smallest absolute Gasteiger partial charge is 0.326 e. The van der Waals surface area contributed by atoms with Crippen LogP contribution in [0, 0.1) is 0 Å². The van der Waals surface area contributed by atoms with Crippen LogP contribution in [0.2, 0.25) is 0 Å². The number of anilines is 1. The van der Waals surface area contributed by atoms with Gasteiger partial charge in [0.25, 0.3) is 5.91 Å². The van der Waals surface area contributed by atoms with E-state index in [2.05, 4.69) is 16.9 Å². The Morgan fingerprint density at radius 3 is 2.63 bits per heavy atom. The molecule has 2 N–H and O–H groups in total. The third-order valence-corrected chi connectivity index (χ3v) is 2.44. The fourth-order valence-electron chi connectivity index (χ4n) is 1.43. The number of rotatable bonds is 6. The largest absolute Gasteiger partial charge is 0.480 e. The molecule has 0 aromatic carbocycles. The zero-order valence-electron chi connectivity index (χ0n) is 11.0. The van der Waals surface area contributed by atoms with Gasteiger partial charge in [0.2, 0.25) is 0 Å². The number of carboxylic acids is 1. The predicted molar refractivity (Wildman–Crippen MR) is 72.1 cm³/mol. The van der Waals surface area contributed by atoms with E-state index >= 15 is 0 Å². The molecule has 0 aliphatic heterocycles. The quantitative estimate of drug-likeness (QED) is 0.754. The van der Waals surface area contributed by atoms with Crippen LogP contribution in [0.4, 0.5) is 5.82 Å². The first-order chi connectivity index (χ1) is 8.95. The number of hydrogen-bond donors (Lipinski definition) is 2. The van der Waals surface area contributed by atoms with Crippen molar-refractivity contribution in [2.45, 2.75) is 12.5 Å². The van der Waals surface area contributed by atoms with Gasteiger partial charge in [-0.1, -0.05) is 6.08 Å². The highest BCUT2D eigenvalue weighted by atomic mass is 16.4. The zero-order valence-corrected chi connectivity index (χ0v) is 11.0. The molecule has 0 saturated carbocycles. The molecular weight excluding hydrogens is 246 g/mol. The van der Waals surface area contributed by atoms with E-state index in [-0.39, 0.29) is 12.3 Å². The molecule has 1 unspecified atom stereocenters. The minimum absolute atomic E-state index is 0.153. The predicted octanol–water partition coefficient (Wildman–Crippen LogP) is 1.22. The molecule has 1 aromatic heterocycles. The van der Waals surface area contributed by atoms with Gasteiger partial charge in [0.1, 0.15) is 11.9 Å². The van der Waals surface area contributed by atoms with Crippen molar-refractivity contribution in [2.24, 2.45) is 0 Å². The fraction of sp³-hybridized carbons (Fsp3) is 0.308. The first-order valence-corrected chi connectivity index (χ1v) is 5.73. The molecule has 19 heavy (non-hydrogen) atoms. The molecule has 1 amide bonds. The van der Waals surface area contributed by atoms with E-state index in [9.17, 15) is 9.59 Å². The number of carboxylic acid groups (broad SMARTS) is 1. The van der Waals surface area contributed by atoms with Gasteiger partial charge >= 0.3 is 5.97 Å². The Hall–Kier alpha value is -2.37. The highest BCUT2D eigenvalue weighted by Crippen LogP contribution is 2.09. The fourth-order valence-corrected chi connectivity index (χ4v) is 1.43. The number of amides is 1. The maximum Gasteiger partial charge on any atom is 0.326 e. The van der Waals surface area contributed by atoms with E-state index in [0.717, 1.165) is 0 Å². The summed E-state index contributed by atoms with van der Waals surface area (Å²) in [5.74, 6) is -0.723. The van der Waals surface area contributed by atoms with Crippen LogP contribution in [0.25, 0.3) is 0 Å². The molecule has 6 nitrogen and oxygen atoms in total. The van der Waals surface area contributed by atoms with Crippen LogP contribution in [-0.2, 0) is 4.79 Å². The van der Waals surface area contributed by atoms with E-state index in [0.29, 0.717) is 11.4 Å². The molecule has 0 radical (unpaired) electrons. The summed E-state index contributed by atoms with van der Waals surface area (Å²) in [5, 5.41) is 11.8. The Labute approximate surface area is 111 Å². The maximum absolute atomic E-state index is 11.6. The monoisotopic (exact) mass is 263 g/mol. The second kappa shape index (κ2) is 6.53. The summed E-state index contributed by atoms with van der Waals surface area (Å²) >= 11 is 0.